The standard InChI is InChI=1S/C17H25N3/c1-12-7-3-4-8-13(12)14(11-18)17-19-15-9-5-6-10-16(15)20(17)2/h5-6,9-10,12-14H,3-4,7-8,11,18H2,1-2H3. The van der Waals surface area contributed by atoms with Gasteiger partial charge in [0.15, 0.2) is 0 Å². The topological polar surface area (TPSA) is 43.8 Å². The van der Waals surface area contributed by atoms with E-state index in [4.69, 9.17) is 10.7 Å². The van der Waals surface area contributed by atoms with Gasteiger partial charge in [-0.05, 0) is 30.4 Å². The molecule has 0 spiro atoms. The minimum Gasteiger partial charge on any atom is -0.331 e. The van der Waals surface area contributed by atoms with Gasteiger partial charge in [0.25, 0.3) is 0 Å². The number of fused-ring (bicyclic) bond motifs is 1. The van der Waals surface area contributed by atoms with E-state index in [2.05, 4.69) is 42.8 Å². The second kappa shape index (κ2) is 5.57. The third-order valence-corrected chi connectivity index (χ3v) is 5.10. The zero-order valence-corrected chi connectivity index (χ0v) is 12.5. The minimum atomic E-state index is 0.391. The van der Waals surface area contributed by atoms with Crippen LogP contribution in [-0.2, 0) is 7.05 Å². The molecule has 0 aliphatic heterocycles. The average molecular weight is 271 g/mol. The highest BCUT2D eigenvalue weighted by atomic mass is 15.1. The van der Waals surface area contributed by atoms with E-state index in [1.165, 1.54) is 37.0 Å². The van der Waals surface area contributed by atoms with Crippen LogP contribution in [0.25, 0.3) is 11.0 Å². The Morgan fingerprint density at radius 3 is 2.75 bits per heavy atom. The lowest BCUT2D eigenvalue weighted by Crippen LogP contribution is -2.30. The maximum atomic E-state index is 6.14. The Hall–Kier alpha value is -1.35. The zero-order valence-electron chi connectivity index (χ0n) is 12.5. The fraction of sp³-hybridized carbons (Fsp3) is 0.588. The summed E-state index contributed by atoms with van der Waals surface area (Å²) in [6, 6.07) is 8.37. The van der Waals surface area contributed by atoms with Crippen LogP contribution in [0.5, 0.6) is 0 Å². The highest BCUT2D eigenvalue weighted by molar-refractivity contribution is 5.75. The van der Waals surface area contributed by atoms with Gasteiger partial charge in [0.05, 0.1) is 11.0 Å². The molecule has 0 amide bonds. The van der Waals surface area contributed by atoms with E-state index < -0.39 is 0 Å². The van der Waals surface area contributed by atoms with Crippen LogP contribution < -0.4 is 5.73 Å². The van der Waals surface area contributed by atoms with Crippen molar-refractivity contribution in [1.82, 2.24) is 9.55 Å². The van der Waals surface area contributed by atoms with Crippen LogP contribution in [0.2, 0.25) is 0 Å². The third-order valence-electron chi connectivity index (χ3n) is 5.10. The molecule has 0 radical (unpaired) electrons. The number of rotatable bonds is 3. The molecule has 0 saturated heterocycles. The third kappa shape index (κ3) is 2.24. The molecule has 1 aromatic carbocycles. The van der Waals surface area contributed by atoms with Gasteiger partial charge in [-0.2, -0.15) is 0 Å². The Kier molecular flexibility index (Phi) is 3.79. The molecule has 108 valence electrons. The average Bonchev–Trinajstić information content (AvgIpc) is 2.80. The normalized spacial score (nSPS) is 24.9. The van der Waals surface area contributed by atoms with Crippen LogP contribution in [0.3, 0.4) is 0 Å². The summed E-state index contributed by atoms with van der Waals surface area (Å²) in [4.78, 5) is 4.88. The number of aromatic nitrogens is 2. The predicted octanol–water partition coefficient (Wildman–Crippen LogP) is 3.44. The Morgan fingerprint density at radius 2 is 2.05 bits per heavy atom. The Labute approximate surface area is 121 Å². The van der Waals surface area contributed by atoms with Crippen LogP contribution in [0.4, 0.5) is 0 Å². The van der Waals surface area contributed by atoms with Gasteiger partial charge in [-0.3, -0.25) is 0 Å². The van der Waals surface area contributed by atoms with Crippen molar-refractivity contribution in [3.05, 3.63) is 30.1 Å². The molecule has 3 atom stereocenters. The molecule has 1 aromatic heterocycles. The van der Waals surface area contributed by atoms with Crippen LogP contribution >= 0.6 is 0 Å². The van der Waals surface area contributed by atoms with Crippen molar-refractivity contribution >= 4 is 11.0 Å². The molecule has 2 aromatic rings. The first kappa shape index (κ1) is 13.6. The summed E-state index contributed by atoms with van der Waals surface area (Å²) in [7, 11) is 2.13. The molecule has 1 aliphatic rings. The zero-order chi connectivity index (χ0) is 14.1. The van der Waals surface area contributed by atoms with E-state index in [0.29, 0.717) is 18.4 Å². The molecule has 3 rings (SSSR count). The first-order valence-electron chi connectivity index (χ1n) is 7.83. The van der Waals surface area contributed by atoms with E-state index in [0.717, 1.165) is 11.4 Å². The van der Waals surface area contributed by atoms with Crippen molar-refractivity contribution in [1.29, 1.82) is 0 Å². The van der Waals surface area contributed by atoms with Crippen molar-refractivity contribution in [2.24, 2.45) is 24.6 Å². The first-order valence-corrected chi connectivity index (χ1v) is 7.83. The molecule has 1 fully saturated rings. The lowest BCUT2D eigenvalue weighted by atomic mass is 9.73. The quantitative estimate of drug-likeness (QED) is 0.929. The van der Waals surface area contributed by atoms with Crippen molar-refractivity contribution < 1.29 is 0 Å². The van der Waals surface area contributed by atoms with E-state index >= 15 is 0 Å². The summed E-state index contributed by atoms with van der Waals surface area (Å²) in [5.41, 5.74) is 8.44. The fourth-order valence-corrected chi connectivity index (χ4v) is 3.91. The summed E-state index contributed by atoms with van der Waals surface area (Å²) in [5, 5.41) is 0. The van der Waals surface area contributed by atoms with Crippen molar-refractivity contribution in [2.45, 2.75) is 38.5 Å². The number of imidazole rings is 1. The number of benzene rings is 1. The fourth-order valence-electron chi connectivity index (χ4n) is 3.91. The summed E-state index contributed by atoms with van der Waals surface area (Å²) >= 11 is 0. The lowest BCUT2D eigenvalue weighted by molar-refractivity contribution is 0.212. The van der Waals surface area contributed by atoms with Crippen molar-refractivity contribution in [2.75, 3.05) is 6.54 Å². The highest BCUT2D eigenvalue weighted by Gasteiger charge is 2.32. The largest absolute Gasteiger partial charge is 0.331 e. The van der Waals surface area contributed by atoms with Crippen LogP contribution in [0, 0.1) is 11.8 Å². The van der Waals surface area contributed by atoms with E-state index in [1.807, 2.05) is 0 Å². The van der Waals surface area contributed by atoms with E-state index in [1.54, 1.807) is 0 Å². The SMILES string of the molecule is CC1CCCCC1C(CN)c1nc2ccccc2n1C. The number of para-hydroxylation sites is 2. The number of nitrogens with two attached hydrogens (primary N) is 1. The monoisotopic (exact) mass is 271 g/mol. The maximum Gasteiger partial charge on any atom is 0.114 e. The second-order valence-electron chi connectivity index (χ2n) is 6.29. The summed E-state index contributed by atoms with van der Waals surface area (Å²) < 4.78 is 2.24. The molecule has 20 heavy (non-hydrogen) atoms. The van der Waals surface area contributed by atoms with Gasteiger partial charge in [0.1, 0.15) is 5.82 Å². The van der Waals surface area contributed by atoms with Gasteiger partial charge in [0, 0.05) is 19.5 Å². The van der Waals surface area contributed by atoms with Crippen molar-refractivity contribution in [3.63, 3.8) is 0 Å². The van der Waals surface area contributed by atoms with E-state index in [-0.39, 0.29) is 0 Å². The molecular weight excluding hydrogens is 246 g/mol. The van der Waals surface area contributed by atoms with Gasteiger partial charge < -0.3 is 10.3 Å². The molecular formula is C17H25N3. The summed E-state index contributed by atoms with van der Waals surface area (Å²) in [5.74, 6) is 3.01. The predicted molar refractivity (Wildman–Crippen MR) is 83.6 cm³/mol. The molecule has 2 N–H and O–H groups in total. The number of aryl methyl sites for hydroxylation is 1. The molecule has 3 heteroatoms. The minimum absolute atomic E-state index is 0.391. The van der Waals surface area contributed by atoms with Gasteiger partial charge in [-0.1, -0.05) is 38.3 Å². The maximum absolute atomic E-state index is 6.14. The molecule has 1 heterocycles. The lowest BCUT2D eigenvalue weighted by Gasteiger charge is -2.34. The Morgan fingerprint density at radius 1 is 1.30 bits per heavy atom. The number of hydrogen-bond acceptors (Lipinski definition) is 2. The summed E-state index contributed by atoms with van der Waals surface area (Å²) in [6.07, 6.45) is 5.35. The highest BCUT2D eigenvalue weighted by Crippen LogP contribution is 2.39. The van der Waals surface area contributed by atoms with Gasteiger partial charge >= 0.3 is 0 Å². The Balaban J connectivity index is 2.00. The molecule has 3 nitrogen and oxygen atoms in total. The molecule has 1 saturated carbocycles. The first-order chi connectivity index (χ1) is 9.72. The molecule has 3 unspecified atom stereocenters. The van der Waals surface area contributed by atoms with Gasteiger partial charge in [-0.15, -0.1) is 0 Å². The van der Waals surface area contributed by atoms with Crippen LogP contribution in [0.1, 0.15) is 44.3 Å². The molecule has 1 aliphatic carbocycles. The number of nitrogens with zero attached hydrogens (tertiary/aromatic N) is 2. The molecule has 0 bridgehead atoms. The van der Waals surface area contributed by atoms with Gasteiger partial charge in [-0.25, -0.2) is 4.98 Å². The van der Waals surface area contributed by atoms with Crippen molar-refractivity contribution in [3.8, 4) is 0 Å². The van der Waals surface area contributed by atoms with E-state index in [9.17, 15) is 0 Å². The van der Waals surface area contributed by atoms with Crippen LogP contribution in [0.15, 0.2) is 24.3 Å². The van der Waals surface area contributed by atoms with Gasteiger partial charge in [0.2, 0.25) is 0 Å². The smallest absolute Gasteiger partial charge is 0.114 e. The second-order valence-corrected chi connectivity index (χ2v) is 6.29. The number of hydrogen-bond donors (Lipinski definition) is 1. The summed E-state index contributed by atoms with van der Waals surface area (Å²) in [6.45, 7) is 3.08. The Bertz CT molecular complexity index is 587. The van der Waals surface area contributed by atoms with Crippen LogP contribution in [-0.4, -0.2) is 16.1 Å².